The second-order valence-electron chi connectivity index (χ2n) is 10.4. The molecule has 1 atom stereocenters. The van der Waals surface area contributed by atoms with Crippen molar-refractivity contribution in [1.82, 2.24) is 10.2 Å². The molecule has 0 aliphatic carbocycles. The van der Waals surface area contributed by atoms with Gasteiger partial charge in [-0.3, -0.25) is 13.9 Å². The average molecular weight is 625 g/mol. The second-order valence-corrected chi connectivity index (χ2v) is 13.6. The van der Waals surface area contributed by atoms with E-state index in [0.717, 1.165) is 4.31 Å². The van der Waals surface area contributed by atoms with Crippen LogP contribution in [0.15, 0.2) is 71.6 Å². The SMILES string of the molecule is Cc1ccc(Cl)cc1N(CC(=O)N(Cc1ccc(Cl)cc1Cl)[C@@H](C)C(=O)NC(C)(C)C)S(=O)(=O)c1ccccc1. The van der Waals surface area contributed by atoms with E-state index < -0.39 is 40.0 Å². The van der Waals surface area contributed by atoms with Crippen molar-refractivity contribution >= 4 is 62.3 Å². The number of aryl methyl sites for hydroxylation is 1. The van der Waals surface area contributed by atoms with Crippen LogP contribution in [0.1, 0.15) is 38.8 Å². The van der Waals surface area contributed by atoms with E-state index >= 15 is 0 Å². The maximum absolute atomic E-state index is 14.0. The number of hydrogen-bond donors (Lipinski definition) is 1. The third-order valence-electron chi connectivity index (χ3n) is 6.07. The molecule has 40 heavy (non-hydrogen) atoms. The molecule has 0 radical (unpaired) electrons. The molecule has 3 rings (SSSR count). The van der Waals surface area contributed by atoms with Crippen LogP contribution in [0, 0.1) is 6.92 Å². The molecule has 0 unspecified atom stereocenters. The topological polar surface area (TPSA) is 86.8 Å². The summed E-state index contributed by atoms with van der Waals surface area (Å²) >= 11 is 18.7. The summed E-state index contributed by atoms with van der Waals surface area (Å²) in [4.78, 5) is 28.5. The Balaban J connectivity index is 2.09. The largest absolute Gasteiger partial charge is 0.350 e. The van der Waals surface area contributed by atoms with Crippen LogP contribution in [0.3, 0.4) is 0 Å². The van der Waals surface area contributed by atoms with Gasteiger partial charge in [0.2, 0.25) is 11.8 Å². The zero-order valence-corrected chi connectivity index (χ0v) is 26.0. The Hall–Kier alpha value is -2.78. The number of carbonyl (C=O) groups excluding carboxylic acids is 2. The zero-order chi connectivity index (χ0) is 29.8. The Labute approximate surface area is 251 Å². The fraction of sp³-hybridized carbons (Fsp3) is 0.310. The Morgan fingerprint density at radius 1 is 0.925 bits per heavy atom. The van der Waals surface area contributed by atoms with Crippen molar-refractivity contribution in [2.24, 2.45) is 0 Å². The summed E-state index contributed by atoms with van der Waals surface area (Å²) in [7, 11) is -4.20. The molecule has 3 aromatic carbocycles. The zero-order valence-electron chi connectivity index (χ0n) is 22.9. The summed E-state index contributed by atoms with van der Waals surface area (Å²) in [6, 6.07) is 16.5. The maximum Gasteiger partial charge on any atom is 0.264 e. The molecular weight excluding hydrogens is 593 g/mol. The Morgan fingerprint density at radius 3 is 2.12 bits per heavy atom. The summed E-state index contributed by atoms with van der Waals surface area (Å²) in [6.45, 7) is 8.16. The predicted molar refractivity (Wildman–Crippen MR) is 162 cm³/mol. The van der Waals surface area contributed by atoms with Gasteiger partial charge in [0.05, 0.1) is 10.6 Å². The number of nitrogens with one attached hydrogen (secondary N) is 1. The molecule has 2 amide bonds. The van der Waals surface area contributed by atoms with Crippen LogP contribution in [0.4, 0.5) is 5.69 Å². The van der Waals surface area contributed by atoms with Gasteiger partial charge >= 0.3 is 0 Å². The highest BCUT2D eigenvalue weighted by atomic mass is 35.5. The van der Waals surface area contributed by atoms with Crippen molar-refractivity contribution in [3.05, 3.63) is 92.9 Å². The minimum Gasteiger partial charge on any atom is -0.350 e. The summed E-state index contributed by atoms with van der Waals surface area (Å²) in [5, 5.41) is 3.93. The standard InChI is InChI=1S/C29H32Cl3N3O4S/c1-19-11-13-23(31)16-26(19)35(40(38,39)24-9-7-6-8-10-24)18-27(36)34(20(2)28(37)33-29(3,4)5)17-21-12-14-22(30)15-25(21)32/h6-16,20H,17-18H2,1-5H3,(H,33,37)/t20-/m0/s1. The average Bonchev–Trinajstić information content (AvgIpc) is 2.87. The summed E-state index contributed by atoms with van der Waals surface area (Å²) in [6.07, 6.45) is 0. The van der Waals surface area contributed by atoms with Crippen molar-refractivity contribution in [2.75, 3.05) is 10.8 Å². The number of anilines is 1. The van der Waals surface area contributed by atoms with Crippen LogP contribution >= 0.6 is 34.8 Å². The van der Waals surface area contributed by atoms with Crippen LogP contribution in [0.5, 0.6) is 0 Å². The van der Waals surface area contributed by atoms with Crippen LogP contribution in [-0.2, 0) is 26.2 Å². The van der Waals surface area contributed by atoms with Gasteiger partial charge in [0.15, 0.2) is 0 Å². The monoisotopic (exact) mass is 623 g/mol. The molecule has 7 nitrogen and oxygen atoms in total. The minimum atomic E-state index is -4.20. The molecule has 0 saturated heterocycles. The molecule has 0 aromatic heterocycles. The minimum absolute atomic E-state index is 0.00740. The van der Waals surface area contributed by atoms with Crippen LogP contribution in [-0.4, -0.2) is 43.3 Å². The molecular formula is C29H32Cl3N3O4S. The lowest BCUT2D eigenvalue weighted by Gasteiger charge is -2.34. The molecule has 0 saturated carbocycles. The third kappa shape index (κ3) is 7.91. The molecule has 0 fully saturated rings. The van der Waals surface area contributed by atoms with Gasteiger partial charge in [-0.15, -0.1) is 0 Å². The van der Waals surface area contributed by atoms with Gasteiger partial charge < -0.3 is 10.2 Å². The lowest BCUT2D eigenvalue weighted by Crippen LogP contribution is -2.54. The van der Waals surface area contributed by atoms with E-state index in [1.54, 1.807) is 62.4 Å². The van der Waals surface area contributed by atoms with Crippen LogP contribution in [0.25, 0.3) is 0 Å². The molecule has 0 heterocycles. The number of hydrogen-bond acceptors (Lipinski definition) is 4. The first kappa shape index (κ1) is 31.7. The number of amides is 2. The number of sulfonamides is 1. The fourth-order valence-corrected chi connectivity index (χ4v) is 6.10. The molecule has 0 aliphatic heterocycles. The molecule has 0 bridgehead atoms. The number of nitrogens with zero attached hydrogens (tertiary/aromatic N) is 2. The Bertz CT molecular complexity index is 1490. The third-order valence-corrected chi connectivity index (χ3v) is 8.67. The number of halogens is 3. The van der Waals surface area contributed by atoms with Crippen molar-refractivity contribution in [2.45, 2.75) is 57.6 Å². The van der Waals surface area contributed by atoms with Crippen molar-refractivity contribution in [3.8, 4) is 0 Å². The van der Waals surface area contributed by atoms with E-state index in [-0.39, 0.29) is 17.1 Å². The number of benzene rings is 3. The van der Waals surface area contributed by atoms with Gasteiger partial charge in [0.25, 0.3) is 10.0 Å². The van der Waals surface area contributed by atoms with Gasteiger partial charge in [-0.1, -0.05) is 65.1 Å². The van der Waals surface area contributed by atoms with E-state index in [1.807, 2.05) is 20.8 Å². The highest BCUT2D eigenvalue weighted by molar-refractivity contribution is 7.92. The second kappa shape index (κ2) is 12.8. The van der Waals surface area contributed by atoms with E-state index in [9.17, 15) is 18.0 Å². The van der Waals surface area contributed by atoms with E-state index in [1.165, 1.54) is 23.1 Å². The van der Waals surface area contributed by atoms with Gasteiger partial charge in [0.1, 0.15) is 12.6 Å². The smallest absolute Gasteiger partial charge is 0.264 e. The summed E-state index contributed by atoms with van der Waals surface area (Å²) < 4.78 is 28.8. The Kier molecular flexibility index (Phi) is 10.2. The molecule has 3 aromatic rings. The Morgan fingerprint density at radius 2 is 1.52 bits per heavy atom. The first-order valence-electron chi connectivity index (χ1n) is 12.5. The molecule has 0 aliphatic rings. The molecule has 214 valence electrons. The molecule has 1 N–H and O–H groups in total. The van der Waals surface area contributed by atoms with Gasteiger partial charge in [-0.2, -0.15) is 0 Å². The fourth-order valence-electron chi connectivity index (χ4n) is 3.97. The van der Waals surface area contributed by atoms with Crippen LogP contribution < -0.4 is 9.62 Å². The van der Waals surface area contributed by atoms with Gasteiger partial charge in [-0.25, -0.2) is 8.42 Å². The van der Waals surface area contributed by atoms with Crippen molar-refractivity contribution in [1.29, 1.82) is 0 Å². The highest BCUT2D eigenvalue weighted by Gasteiger charge is 2.34. The van der Waals surface area contributed by atoms with Crippen molar-refractivity contribution < 1.29 is 18.0 Å². The number of carbonyl (C=O) groups is 2. The summed E-state index contributed by atoms with van der Waals surface area (Å²) in [5.41, 5.74) is 0.841. The van der Waals surface area contributed by atoms with Gasteiger partial charge in [0, 0.05) is 27.2 Å². The lowest BCUT2D eigenvalue weighted by atomic mass is 10.1. The first-order chi connectivity index (χ1) is 18.6. The summed E-state index contributed by atoms with van der Waals surface area (Å²) in [5.74, 6) is -1.01. The maximum atomic E-state index is 14.0. The highest BCUT2D eigenvalue weighted by Crippen LogP contribution is 2.30. The van der Waals surface area contributed by atoms with Gasteiger partial charge in [-0.05, 0) is 82.1 Å². The predicted octanol–water partition coefficient (Wildman–Crippen LogP) is 6.48. The van der Waals surface area contributed by atoms with E-state index in [2.05, 4.69) is 5.32 Å². The quantitative estimate of drug-likeness (QED) is 0.295. The first-order valence-corrected chi connectivity index (χ1v) is 15.1. The molecule has 11 heteroatoms. The van der Waals surface area contributed by atoms with Crippen LogP contribution in [0.2, 0.25) is 15.1 Å². The molecule has 0 spiro atoms. The normalized spacial score (nSPS) is 12.5. The van der Waals surface area contributed by atoms with Crippen molar-refractivity contribution in [3.63, 3.8) is 0 Å². The van der Waals surface area contributed by atoms with E-state index in [0.29, 0.717) is 26.2 Å². The number of rotatable bonds is 9. The lowest BCUT2D eigenvalue weighted by molar-refractivity contribution is -0.140. The van der Waals surface area contributed by atoms with E-state index in [4.69, 9.17) is 34.8 Å².